The second-order valence-corrected chi connectivity index (χ2v) is 20.5. The Morgan fingerprint density at radius 2 is 1.37 bits per heavy atom. The molecule has 6 saturated heterocycles. The van der Waals surface area contributed by atoms with Crippen molar-refractivity contribution in [2.24, 2.45) is 23.2 Å². The quantitative estimate of drug-likeness (QED) is 0.124. The third-order valence-electron chi connectivity index (χ3n) is 16.3. The largest absolute Gasteiger partial charge is 0.469 e. The van der Waals surface area contributed by atoms with Crippen molar-refractivity contribution in [3.05, 3.63) is 23.5 Å². The van der Waals surface area contributed by atoms with Crippen molar-refractivity contribution < 1.29 is 97.0 Å². The summed E-state index contributed by atoms with van der Waals surface area (Å²) in [6.45, 7) is 9.14. The van der Waals surface area contributed by atoms with Gasteiger partial charge in [0.2, 0.25) is 5.79 Å². The first-order valence-electron chi connectivity index (χ1n) is 24.2. The fourth-order valence-corrected chi connectivity index (χ4v) is 12.6. The van der Waals surface area contributed by atoms with Gasteiger partial charge in [0.1, 0.15) is 48.8 Å². The van der Waals surface area contributed by atoms with Crippen LogP contribution in [0.2, 0.25) is 0 Å². The summed E-state index contributed by atoms with van der Waals surface area (Å²) in [7, 11) is 3.08. The number of methoxy groups -OCH3 is 2. The van der Waals surface area contributed by atoms with E-state index >= 15 is 0 Å². The van der Waals surface area contributed by atoms with Gasteiger partial charge in [-0.1, -0.05) is 18.6 Å². The maximum absolute atomic E-state index is 13.8. The summed E-state index contributed by atoms with van der Waals surface area (Å²) in [6, 6.07) is 0. The maximum atomic E-state index is 13.8. The normalized spacial score (nSPS) is 52.3. The van der Waals surface area contributed by atoms with Gasteiger partial charge in [0.25, 0.3) is 0 Å². The van der Waals surface area contributed by atoms with Gasteiger partial charge in [0.15, 0.2) is 25.2 Å². The summed E-state index contributed by atoms with van der Waals surface area (Å²) in [6.07, 6.45) is -9.91. The van der Waals surface area contributed by atoms with Crippen LogP contribution in [-0.2, 0) is 66.4 Å². The number of allylic oxidation sites excluding steroid dienone is 1. The molecule has 0 aromatic rings. The number of carbonyl (C=O) groups is 1. The molecule has 6 N–H and O–H groups in total. The van der Waals surface area contributed by atoms with E-state index in [1.54, 1.807) is 27.2 Å². The van der Waals surface area contributed by atoms with Crippen molar-refractivity contribution >= 4 is 5.97 Å². The van der Waals surface area contributed by atoms with Crippen molar-refractivity contribution in [3.8, 4) is 0 Å². The highest BCUT2D eigenvalue weighted by Gasteiger charge is 2.59. The number of carbonyl (C=O) groups excluding carboxylic acids is 1. The number of ether oxygens (including phenoxy) is 13. The molecule has 0 aromatic carbocycles. The molecule has 0 spiro atoms. The molecular formula is C47H72O20. The molecule has 1 saturated carbocycles. The van der Waals surface area contributed by atoms with E-state index in [0.717, 1.165) is 18.4 Å². The minimum atomic E-state index is -1.60. The van der Waals surface area contributed by atoms with Crippen LogP contribution in [0.1, 0.15) is 86.0 Å². The van der Waals surface area contributed by atoms with Crippen molar-refractivity contribution in [1.29, 1.82) is 0 Å². The highest BCUT2D eigenvalue weighted by molar-refractivity contribution is 5.74. The summed E-state index contributed by atoms with van der Waals surface area (Å²) in [5, 5.41) is 63.8. The van der Waals surface area contributed by atoms with Crippen LogP contribution in [0, 0.1) is 23.2 Å². The van der Waals surface area contributed by atoms with Gasteiger partial charge in [0.05, 0.1) is 80.1 Å². The summed E-state index contributed by atoms with van der Waals surface area (Å²) >= 11 is 0. The molecule has 67 heavy (non-hydrogen) atoms. The number of rotatable bonds is 11. The third-order valence-corrected chi connectivity index (χ3v) is 16.3. The second kappa shape index (κ2) is 19.9. The molecule has 2 aliphatic carbocycles. The zero-order valence-electron chi connectivity index (χ0n) is 39.4. The average molecular weight is 957 g/mol. The lowest BCUT2D eigenvalue weighted by molar-refractivity contribution is -0.356. The average Bonchev–Trinajstić information content (AvgIpc) is 3.81. The zero-order valence-corrected chi connectivity index (χ0v) is 39.4. The molecule has 380 valence electrons. The molecule has 0 aromatic heterocycles. The number of aliphatic hydroxyl groups is 6. The summed E-state index contributed by atoms with van der Waals surface area (Å²) in [5.74, 6) is -1.52. The molecular weight excluding hydrogens is 884 g/mol. The molecule has 20 nitrogen and oxygen atoms in total. The van der Waals surface area contributed by atoms with Crippen LogP contribution in [0.4, 0.5) is 0 Å². The van der Waals surface area contributed by atoms with Crippen molar-refractivity contribution in [3.63, 3.8) is 0 Å². The number of hydrogen-bond acceptors (Lipinski definition) is 20. The van der Waals surface area contributed by atoms with E-state index in [4.69, 9.17) is 61.6 Å². The van der Waals surface area contributed by atoms with E-state index in [0.29, 0.717) is 32.3 Å². The Balaban J connectivity index is 0.768. The van der Waals surface area contributed by atoms with E-state index < -0.39 is 135 Å². The highest BCUT2D eigenvalue weighted by atomic mass is 16.8. The zero-order chi connectivity index (χ0) is 47.7. The Morgan fingerprint density at radius 1 is 0.746 bits per heavy atom. The van der Waals surface area contributed by atoms with Crippen molar-refractivity contribution in [2.45, 2.75) is 215 Å². The summed E-state index contributed by atoms with van der Waals surface area (Å²) < 4.78 is 79.5. The Hall–Kier alpha value is -1.93. The molecule has 9 rings (SSSR count). The van der Waals surface area contributed by atoms with Gasteiger partial charge in [-0.2, -0.15) is 0 Å². The molecule has 0 amide bonds. The molecule has 7 fully saturated rings. The number of aliphatic hydroxyl groups excluding tert-OH is 6. The van der Waals surface area contributed by atoms with E-state index in [1.807, 2.05) is 13.8 Å². The van der Waals surface area contributed by atoms with Crippen LogP contribution in [0.3, 0.4) is 0 Å². The molecule has 1 unspecified atom stereocenters. The highest BCUT2D eigenvalue weighted by Crippen LogP contribution is 2.57. The monoisotopic (exact) mass is 956 g/mol. The first kappa shape index (κ1) is 50.0. The Bertz CT molecular complexity index is 1790. The van der Waals surface area contributed by atoms with Crippen LogP contribution in [0.25, 0.3) is 0 Å². The predicted molar refractivity (Wildman–Crippen MR) is 227 cm³/mol. The van der Waals surface area contributed by atoms with Crippen LogP contribution in [0.15, 0.2) is 23.5 Å². The predicted octanol–water partition coefficient (Wildman–Crippen LogP) is 0.829. The van der Waals surface area contributed by atoms with Crippen molar-refractivity contribution in [2.75, 3.05) is 27.4 Å². The lowest BCUT2D eigenvalue weighted by Crippen LogP contribution is -2.62. The minimum Gasteiger partial charge on any atom is -0.469 e. The number of esters is 1. The van der Waals surface area contributed by atoms with E-state index in [1.165, 1.54) is 12.7 Å². The molecule has 20 heteroatoms. The van der Waals surface area contributed by atoms with Crippen molar-refractivity contribution in [1.82, 2.24) is 0 Å². The third kappa shape index (κ3) is 9.51. The van der Waals surface area contributed by atoms with Gasteiger partial charge in [-0.15, -0.1) is 0 Å². The van der Waals surface area contributed by atoms with E-state index in [-0.39, 0.29) is 42.7 Å². The Morgan fingerprint density at radius 3 is 2.03 bits per heavy atom. The van der Waals surface area contributed by atoms with Crippen LogP contribution in [-0.4, -0.2) is 193 Å². The molecule has 0 radical (unpaired) electrons. The lowest BCUT2D eigenvalue weighted by atomic mass is 9.55. The van der Waals surface area contributed by atoms with E-state index in [9.17, 15) is 35.4 Å². The summed E-state index contributed by atoms with van der Waals surface area (Å²) in [4.78, 5) is 13.8. The van der Waals surface area contributed by atoms with Crippen LogP contribution >= 0.6 is 0 Å². The Labute approximate surface area is 390 Å². The fourth-order valence-electron chi connectivity index (χ4n) is 12.6. The summed E-state index contributed by atoms with van der Waals surface area (Å²) in [5.41, 5.74) is 1.84. The molecule has 7 aliphatic heterocycles. The standard InChI is InChI=1S/C47H72O20/c1-20-41(65-36-15-31(56-7)43(22(3)61-36)67-45-40(53)39(52)38(51)32(17-48)64-45)27(49)13-34(59-20)66-42-21(2)60-35(14-30(42)55-6)62-29-12-24-9-10-25-26(46(24,4)16-28(29)50)11-8-23-18-57-47(5)37(23)33(19-58-47)63-44(25)54/h9,18,20-22,25-43,45,48-53H,8,10-17,19H2,1-7H3/t20-,21+,22+,25-,26+,27+,28-,29-,30-,31-,32-,33-,34+,35-,36+,37?,38-,39+,40-,41-,42+,43+,45+,46+,47+/m1/s1. The van der Waals surface area contributed by atoms with Gasteiger partial charge >= 0.3 is 5.97 Å². The molecule has 9 aliphatic rings. The van der Waals surface area contributed by atoms with Crippen LogP contribution in [0.5, 0.6) is 0 Å². The number of hydrogen-bond donors (Lipinski definition) is 6. The lowest BCUT2D eigenvalue weighted by Gasteiger charge is -2.52. The first-order chi connectivity index (χ1) is 31.9. The van der Waals surface area contributed by atoms with Gasteiger partial charge < -0.3 is 92.2 Å². The van der Waals surface area contributed by atoms with E-state index in [2.05, 4.69) is 13.0 Å². The maximum Gasteiger partial charge on any atom is 0.309 e. The smallest absolute Gasteiger partial charge is 0.309 e. The number of fused-ring (bicyclic) bond motifs is 3. The molecule has 25 atom stereocenters. The first-order valence-corrected chi connectivity index (χ1v) is 24.2. The SMILES string of the molecule is CO[C@@H]1C[C@@H](O[C@@H]2CC3=CC[C@H]4C(=O)O[C@@H]5CO[C@]6(C)OC=C(CC[C@@H]4[C@@]3(C)C[C@H]2O)C56)O[C@@H](C)[C@@H]1O[C@H]1C[C@H](O)[C@H](O[C@H]2C[C@@H](OC)[C@@H](O[C@@H]3O[C@H](CO)[C@@H](O)[C@H](O)[C@H]3O)[C@H](C)O2)[C@@H](C)O1. The van der Waals surface area contributed by atoms with Gasteiger partial charge in [-0.05, 0) is 69.8 Å². The molecule has 7 heterocycles. The van der Waals surface area contributed by atoms with Crippen LogP contribution < -0.4 is 0 Å². The van der Waals surface area contributed by atoms with Gasteiger partial charge in [-0.3, -0.25) is 4.79 Å². The topological polar surface area (TPSA) is 258 Å². The molecule has 0 bridgehead atoms. The Kier molecular flexibility index (Phi) is 14.9. The fraction of sp³-hybridized carbons (Fsp3) is 0.894. The second-order valence-electron chi connectivity index (χ2n) is 20.5. The van der Waals surface area contributed by atoms with Gasteiger partial charge in [0, 0.05) is 40.4 Å². The minimum absolute atomic E-state index is 0.0362. The van der Waals surface area contributed by atoms with Gasteiger partial charge in [-0.25, -0.2) is 0 Å².